The van der Waals surface area contributed by atoms with Gasteiger partial charge in [0.25, 0.3) is 0 Å². The van der Waals surface area contributed by atoms with Crippen molar-refractivity contribution in [2.75, 3.05) is 20.0 Å². The Morgan fingerprint density at radius 2 is 1.71 bits per heavy atom. The van der Waals surface area contributed by atoms with Gasteiger partial charge in [-0.15, -0.1) is 0 Å². The topological polar surface area (TPSA) is 109 Å². The molecule has 3 heterocycles. The summed E-state index contributed by atoms with van der Waals surface area (Å²) in [4.78, 5) is 13.6. The molecule has 0 fully saturated rings. The van der Waals surface area contributed by atoms with Gasteiger partial charge >= 0.3 is 0 Å². The molecule has 4 rings (SSSR count). The van der Waals surface area contributed by atoms with Crippen LogP contribution in [0.2, 0.25) is 0 Å². The monoisotopic (exact) mass is 417 g/mol. The summed E-state index contributed by atoms with van der Waals surface area (Å²) in [6.07, 6.45) is 8.20. The van der Waals surface area contributed by atoms with E-state index in [9.17, 15) is 0 Å². The van der Waals surface area contributed by atoms with Gasteiger partial charge in [0.2, 0.25) is 0 Å². The molecule has 0 aliphatic heterocycles. The van der Waals surface area contributed by atoms with Crippen LogP contribution < -0.4 is 20.9 Å². The van der Waals surface area contributed by atoms with E-state index < -0.39 is 0 Å². The molecule has 0 saturated heterocycles. The lowest BCUT2D eigenvalue weighted by Gasteiger charge is -2.13. The number of nitrogens with two attached hydrogens (primary N) is 2. The van der Waals surface area contributed by atoms with E-state index in [2.05, 4.69) is 27.9 Å². The average molecular weight is 418 g/mol. The van der Waals surface area contributed by atoms with Crippen molar-refractivity contribution in [1.29, 1.82) is 0 Å². The third kappa shape index (κ3) is 4.09. The predicted octanol–water partition coefficient (Wildman–Crippen LogP) is 4.11. The van der Waals surface area contributed by atoms with E-state index in [-0.39, 0.29) is 6.04 Å². The molecule has 0 amide bonds. The van der Waals surface area contributed by atoms with E-state index in [0.29, 0.717) is 17.3 Å². The Labute approximate surface area is 181 Å². The van der Waals surface area contributed by atoms with Gasteiger partial charge < -0.3 is 20.9 Å². The number of hydrogen-bond acceptors (Lipinski definition) is 7. The molecule has 4 aromatic rings. The van der Waals surface area contributed by atoms with Gasteiger partial charge in [-0.25, -0.2) is 4.98 Å². The maximum Gasteiger partial charge on any atom is 0.162 e. The van der Waals surface area contributed by atoms with Crippen molar-refractivity contribution in [1.82, 2.24) is 15.0 Å². The average Bonchev–Trinajstić information content (AvgIpc) is 2.81. The standard InChI is InChI=1S/C24H27N5O2/c1-4-16(25)6-5-14-7-15(12-27-11-14)20-8-17-18-9-22(30-2)23(31-3)10-21(18)28-13-19(17)24(26)29-20/h7-13,16H,4-6,25H2,1-3H3,(H2,26,29). The van der Waals surface area contributed by atoms with Gasteiger partial charge in [-0.1, -0.05) is 6.92 Å². The Kier molecular flexibility index (Phi) is 5.86. The van der Waals surface area contributed by atoms with Gasteiger partial charge in [0.05, 0.1) is 25.4 Å². The van der Waals surface area contributed by atoms with E-state index in [0.717, 1.165) is 57.8 Å². The lowest BCUT2D eigenvalue weighted by molar-refractivity contribution is 0.356. The smallest absolute Gasteiger partial charge is 0.162 e. The summed E-state index contributed by atoms with van der Waals surface area (Å²) in [5.41, 5.74) is 16.0. The lowest BCUT2D eigenvalue weighted by atomic mass is 10.0. The summed E-state index contributed by atoms with van der Waals surface area (Å²) < 4.78 is 10.9. The Morgan fingerprint density at radius 1 is 0.935 bits per heavy atom. The summed E-state index contributed by atoms with van der Waals surface area (Å²) in [6.45, 7) is 2.10. The van der Waals surface area contributed by atoms with Crippen LogP contribution in [-0.4, -0.2) is 35.2 Å². The van der Waals surface area contributed by atoms with Crippen LogP contribution in [0.25, 0.3) is 32.9 Å². The first-order valence-electron chi connectivity index (χ1n) is 10.3. The van der Waals surface area contributed by atoms with Gasteiger partial charge in [-0.05, 0) is 48.4 Å². The molecular formula is C24H27N5O2. The molecule has 1 atom stereocenters. The van der Waals surface area contributed by atoms with Crippen LogP contribution in [0.5, 0.6) is 11.5 Å². The number of nitrogens with zero attached hydrogens (tertiary/aromatic N) is 3. The Balaban J connectivity index is 1.83. The molecule has 0 aliphatic carbocycles. The first-order valence-corrected chi connectivity index (χ1v) is 10.3. The lowest BCUT2D eigenvalue weighted by Crippen LogP contribution is -2.19. The third-order valence-electron chi connectivity index (χ3n) is 5.63. The maximum atomic E-state index is 6.32. The molecule has 7 nitrogen and oxygen atoms in total. The minimum Gasteiger partial charge on any atom is -0.493 e. The molecule has 0 saturated carbocycles. The first kappa shape index (κ1) is 20.8. The quantitative estimate of drug-likeness (QED) is 0.435. The van der Waals surface area contributed by atoms with E-state index in [4.69, 9.17) is 20.9 Å². The molecule has 160 valence electrons. The second-order valence-corrected chi connectivity index (χ2v) is 7.63. The fourth-order valence-electron chi connectivity index (χ4n) is 3.73. The molecule has 3 aromatic heterocycles. The molecule has 0 spiro atoms. The van der Waals surface area contributed by atoms with Crippen LogP contribution in [-0.2, 0) is 6.42 Å². The summed E-state index contributed by atoms with van der Waals surface area (Å²) >= 11 is 0. The summed E-state index contributed by atoms with van der Waals surface area (Å²) in [5, 5.41) is 2.66. The number of anilines is 1. The van der Waals surface area contributed by atoms with Gasteiger partial charge in [0.1, 0.15) is 5.82 Å². The summed E-state index contributed by atoms with van der Waals surface area (Å²) in [6, 6.07) is 8.12. The van der Waals surface area contributed by atoms with Crippen LogP contribution in [0.4, 0.5) is 5.82 Å². The fourth-order valence-corrected chi connectivity index (χ4v) is 3.73. The number of aryl methyl sites for hydroxylation is 1. The molecule has 0 bridgehead atoms. The van der Waals surface area contributed by atoms with Crippen LogP contribution >= 0.6 is 0 Å². The predicted molar refractivity (Wildman–Crippen MR) is 124 cm³/mol. The highest BCUT2D eigenvalue weighted by Crippen LogP contribution is 2.36. The van der Waals surface area contributed by atoms with Crippen molar-refractivity contribution >= 4 is 27.5 Å². The number of hydrogen-bond donors (Lipinski definition) is 2. The fraction of sp³-hybridized carbons (Fsp3) is 0.292. The molecule has 4 N–H and O–H groups in total. The van der Waals surface area contributed by atoms with Crippen molar-refractivity contribution < 1.29 is 9.47 Å². The van der Waals surface area contributed by atoms with E-state index in [1.54, 1.807) is 20.4 Å². The molecule has 0 radical (unpaired) electrons. The molecule has 7 heteroatoms. The number of methoxy groups -OCH3 is 2. The van der Waals surface area contributed by atoms with E-state index in [1.165, 1.54) is 0 Å². The zero-order chi connectivity index (χ0) is 22.0. The highest BCUT2D eigenvalue weighted by atomic mass is 16.5. The second kappa shape index (κ2) is 8.73. The number of fused-ring (bicyclic) bond motifs is 3. The summed E-state index contributed by atoms with van der Waals surface area (Å²) in [5.74, 6) is 1.69. The number of nitrogen functional groups attached to an aromatic ring is 1. The van der Waals surface area contributed by atoms with Crippen LogP contribution in [0, 0.1) is 0 Å². The van der Waals surface area contributed by atoms with Crippen LogP contribution in [0.1, 0.15) is 25.3 Å². The van der Waals surface area contributed by atoms with Crippen molar-refractivity contribution in [3.63, 3.8) is 0 Å². The molecule has 1 aromatic carbocycles. The Morgan fingerprint density at radius 3 is 2.45 bits per heavy atom. The minimum atomic E-state index is 0.198. The maximum absolute atomic E-state index is 6.32. The number of rotatable bonds is 7. The number of aromatic nitrogens is 3. The summed E-state index contributed by atoms with van der Waals surface area (Å²) in [7, 11) is 3.23. The zero-order valence-electron chi connectivity index (χ0n) is 18.1. The normalized spacial score (nSPS) is 12.3. The molecule has 1 unspecified atom stereocenters. The SMILES string of the molecule is CCC(N)CCc1cncc(-c2cc3c(cnc4cc(OC)c(OC)cc43)c(N)n2)c1. The Bertz CT molecular complexity index is 1240. The zero-order valence-corrected chi connectivity index (χ0v) is 18.1. The Hall–Kier alpha value is -3.45. The highest BCUT2D eigenvalue weighted by molar-refractivity contribution is 6.10. The number of pyridine rings is 3. The highest BCUT2D eigenvalue weighted by Gasteiger charge is 2.14. The van der Waals surface area contributed by atoms with Gasteiger partial charge in [0.15, 0.2) is 11.5 Å². The first-order chi connectivity index (χ1) is 15.0. The second-order valence-electron chi connectivity index (χ2n) is 7.63. The van der Waals surface area contributed by atoms with Crippen LogP contribution in [0.15, 0.2) is 42.9 Å². The van der Waals surface area contributed by atoms with Gasteiger partial charge in [-0.2, -0.15) is 0 Å². The van der Waals surface area contributed by atoms with E-state index >= 15 is 0 Å². The molecule has 31 heavy (non-hydrogen) atoms. The van der Waals surface area contributed by atoms with Crippen molar-refractivity contribution in [3.8, 4) is 22.8 Å². The molecule has 0 aliphatic rings. The third-order valence-corrected chi connectivity index (χ3v) is 5.63. The van der Waals surface area contributed by atoms with Crippen molar-refractivity contribution in [3.05, 3.63) is 48.4 Å². The largest absolute Gasteiger partial charge is 0.493 e. The van der Waals surface area contributed by atoms with Gasteiger partial charge in [0, 0.05) is 47.0 Å². The number of benzene rings is 1. The minimum absolute atomic E-state index is 0.198. The van der Waals surface area contributed by atoms with E-state index in [1.807, 2.05) is 30.6 Å². The van der Waals surface area contributed by atoms with Crippen molar-refractivity contribution in [2.24, 2.45) is 5.73 Å². The van der Waals surface area contributed by atoms with Crippen LogP contribution in [0.3, 0.4) is 0 Å². The number of ether oxygens (including phenoxy) is 2. The van der Waals surface area contributed by atoms with Gasteiger partial charge in [-0.3, -0.25) is 9.97 Å². The molecular weight excluding hydrogens is 390 g/mol. The van der Waals surface area contributed by atoms with Crippen molar-refractivity contribution in [2.45, 2.75) is 32.2 Å².